The van der Waals surface area contributed by atoms with E-state index < -0.39 is 6.09 Å². The van der Waals surface area contributed by atoms with Crippen molar-refractivity contribution < 1.29 is 42.7 Å². The van der Waals surface area contributed by atoms with Crippen LogP contribution in [0, 0.1) is 0 Å². The maximum absolute atomic E-state index is 12.2. The number of carbonyl (C=O) groups is 1. The van der Waals surface area contributed by atoms with Crippen LogP contribution in [0.4, 0.5) is 4.79 Å². The van der Waals surface area contributed by atoms with E-state index >= 15 is 0 Å². The Bertz CT molecular complexity index is 973. The van der Waals surface area contributed by atoms with Crippen LogP contribution < -0.4 is 5.32 Å². The molecule has 10 nitrogen and oxygen atoms in total. The highest BCUT2D eigenvalue weighted by Crippen LogP contribution is 2.44. The summed E-state index contributed by atoms with van der Waals surface area (Å²) < 4.78 is 43.2. The minimum absolute atomic E-state index is 0.0565. The van der Waals surface area contributed by atoms with Crippen LogP contribution in [0.3, 0.4) is 0 Å². The van der Waals surface area contributed by atoms with Gasteiger partial charge in [0, 0.05) is 19.1 Å². The van der Waals surface area contributed by atoms with Gasteiger partial charge in [-0.25, -0.2) is 4.79 Å². The van der Waals surface area contributed by atoms with Crippen molar-refractivity contribution in [1.82, 2.24) is 5.32 Å². The van der Waals surface area contributed by atoms with Gasteiger partial charge < -0.3 is 43.2 Å². The Balaban J connectivity index is 1.05. The van der Waals surface area contributed by atoms with Crippen molar-refractivity contribution in [3.63, 3.8) is 0 Å². The number of nitrogens with one attached hydrogen (secondary N) is 1. The highest BCUT2D eigenvalue weighted by Gasteiger charge is 2.28. The van der Waals surface area contributed by atoms with E-state index in [1.54, 1.807) is 0 Å². The maximum atomic E-state index is 12.2. The van der Waals surface area contributed by atoms with Crippen LogP contribution in [0.1, 0.15) is 23.5 Å². The number of alkyl carbamates (subject to hydrolysis) is 1. The molecule has 0 fully saturated rings. The Morgan fingerprint density at radius 3 is 1.55 bits per heavy atom. The quantitative estimate of drug-likeness (QED) is 0.135. The molecule has 0 unspecified atom stereocenters. The van der Waals surface area contributed by atoms with Crippen molar-refractivity contribution in [3.8, 4) is 11.1 Å². The Morgan fingerprint density at radius 2 is 1.07 bits per heavy atom. The molecule has 10 heteroatoms. The van der Waals surface area contributed by atoms with Gasteiger partial charge in [-0.15, -0.1) is 0 Å². The fraction of sp³-hybridized carbons (Fsp3) is 0.531. The predicted molar refractivity (Wildman–Crippen MR) is 159 cm³/mol. The maximum Gasteiger partial charge on any atom is 0.407 e. The van der Waals surface area contributed by atoms with E-state index in [0.717, 1.165) is 0 Å². The van der Waals surface area contributed by atoms with Crippen molar-refractivity contribution in [2.24, 2.45) is 0 Å². The highest BCUT2D eigenvalue weighted by molar-refractivity contribution is 5.79. The molecule has 0 spiro atoms. The zero-order valence-electron chi connectivity index (χ0n) is 24.5. The largest absolute Gasteiger partial charge is 0.499 e. The molecule has 1 amide bonds. The van der Waals surface area contributed by atoms with Gasteiger partial charge in [0.1, 0.15) is 13.2 Å². The zero-order valence-corrected chi connectivity index (χ0v) is 24.5. The molecule has 0 heterocycles. The van der Waals surface area contributed by atoms with Crippen molar-refractivity contribution in [1.29, 1.82) is 0 Å². The van der Waals surface area contributed by atoms with Crippen LogP contribution in [-0.2, 0) is 37.9 Å². The number of hydrogen-bond donors (Lipinski definition) is 1. The summed E-state index contributed by atoms with van der Waals surface area (Å²) in [4.78, 5) is 12.2. The summed E-state index contributed by atoms with van der Waals surface area (Å²) in [5, 5.41) is 2.80. The summed E-state index contributed by atoms with van der Waals surface area (Å²) in [6.45, 7) is 10.8. The smallest absolute Gasteiger partial charge is 0.407 e. The lowest BCUT2D eigenvalue weighted by molar-refractivity contribution is -0.0184. The first-order valence-corrected chi connectivity index (χ1v) is 14.6. The van der Waals surface area contributed by atoms with E-state index in [0.29, 0.717) is 105 Å². The summed E-state index contributed by atoms with van der Waals surface area (Å²) in [5.41, 5.74) is 4.82. The number of hydrogen-bond acceptors (Lipinski definition) is 9. The van der Waals surface area contributed by atoms with Gasteiger partial charge in [-0.3, -0.25) is 0 Å². The molecular formula is C32H45NO9. The minimum Gasteiger partial charge on any atom is -0.499 e. The second-order valence-electron chi connectivity index (χ2n) is 9.32. The van der Waals surface area contributed by atoms with Crippen molar-refractivity contribution in [2.75, 3.05) is 99.0 Å². The minimum atomic E-state index is -0.411. The molecule has 3 rings (SSSR count). The van der Waals surface area contributed by atoms with Crippen LogP contribution in [0.5, 0.6) is 0 Å². The lowest BCUT2D eigenvalue weighted by Crippen LogP contribution is -2.27. The molecule has 2 aromatic rings. The number of benzene rings is 2. The van der Waals surface area contributed by atoms with Gasteiger partial charge in [0.05, 0.1) is 78.9 Å². The predicted octanol–water partition coefficient (Wildman–Crippen LogP) is 4.17. The Labute approximate surface area is 249 Å². The molecule has 0 atom stereocenters. The van der Waals surface area contributed by atoms with E-state index in [4.69, 9.17) is 37.9 Å². The third-order valence-electron chi connectivity index (χ3n) is 6.40. The molecule has 0 bridgehead atoms. The number of fused-ring (bicyclic) bond motifs is 3. The van der Waals surface area contributed by atoms with E-state index in [-0.39, 0.29) is 5.92 Å². The number of rotatable bonds is 25. The van der Waals surface area contributed by atoms with Gasteiger partial charge in [-0.05, 0) is 28.7 Å². The zero-order chi connectivity index (χ0) is 29.5. The first-order valence-electron chi connectivity index (χ1n) is 14.6. The summed E-state index contributed by atoms with van der Waals surface area (Å²) in [6, 6.07) is 16.6. The number of amides is 1. The SMILES string of the molecule is C=COCCOCCOCCOCCOCCOCCOCCCNC(=O)OCC1c2ccccc2-c2ccccc21. The van der Waals surface area contributed by atoms with Crippen LogP contribution in [0.15, 0.2) is 61.4 Å². The van der Waals surface area contributed by atoms with Crippen LogP contribution >= 0.6 is 0 Å². The van der Waals surface area contributed by atoms with Gasteiger partial charge in [0.2, 0.25) is 0 Å². The topological polar surface area (TPSA) is 103 Å². The van der Waals surface area contributed by atoms with Crippen LogP contribution in [0.2, 0.25) is 0 Å². The molecule has 1 aliphatic rings. The van der Waals surface area contributed by atoms with E-state index in [1.165, 1.54) is 28.5 Å². The molecule has 0 radical (unpaired) electrons. The first kappa shape index (κ1) is 33.5. The van der Waals surface area contributed by atoms with Gasteiger partial charge in [-0.2, -0.15) is 0 Å². The average Bonchev–Trinajstić information content (AvgIpc) is 3.34. The standard InChI is InChI=1S/C32H45NO9/c1-2-35-14-15-37-18-19-39-22-23-41-25-24-40-21-20-38-17-16-36-13-7-12-33-32(34)42-26-31-29-10-5-3-8-27(29)28-9-4-6-11-30(28)31/h2-6,8-11,31H,1,7,12-26H2,(H,33,34). The second kappa shape index (κ2) is 21.7. The highest BCUT2D eigenvalue weighted by atomic mass is 16.6. The number of carbonyl (C=O) groups excluding carboxylic acids is 1. The lowest BCUT2D eigenvalue weighted by atomic mass is 9.98. The molecule has 232 valence electrons. The molecule has 0 aromatic heterocycles. The molecule has 2 aromatic carbocycles. The molecule has 1 N–H and O–H groups in total. The van der Waals surface area contributed by atoms with Crippen molar-refractivity contribution in [3.05, 3.63) is 72.5 Å². The van der Waals surface area contributed by atoms with Gasteiger partial charge >= 0.3 is 6.09 Å². The summed E-state index contributed by atoms with van der Waals surface area (Å²) in [7, 11) is 0. The normalized spacial score (nSPS) is 12.1. The molecule has 42 heavy (non-hydrogen) atoms. The van der Waals surface area contributed by atoms with Crippen molar-refractivity contribution >= 4 is 6.09 Å². The third-order valence-corrected chi connectivity index (χ3v) is 6.40. The Morgan fingerprint density at radius 1 is 0.643 bits per heavy atom. The van der Waals surface area contributed by atoms with Gasteiger partial charge in [-0.1, -0.05) is 55.1 Å². The van der Waals surface area contributed by atoms with E-state index in [2.05, 4.69) is 36.2 Å². The second-order valence-corrected chi connectivity index (χ2v) is 9.32. The van der Waals surface area contributed by atoms with E-state index in [1.807, 2.05) is 24.3 Å². The fourth-order valence-electron chi connectivity index (χ4n) is 4.41. The van der Waals surface area contributed by atoms with Gasteiger partial charge in [0.25, 0.3) is 0 Å². The third kappa shape index (κ3) is 12.9. The molecule has 1 aliphatic carbocycles. The molecule has 0 saturated carbocycles. The number of ether oxygens (including phenoxy) is 8. The summed E-state index contributed by atoms with van der Waals surface area (Å²) in [6.07, 6.45) is 1.68. The molecule has 0 aliphatic heterocycles. The Hall–Kier alpha value is -2.99. The monoisotopic (exact) mass is 587 g/mol. The Kier molecular flexibility index (Phi) is 17.3. The van der Waals surface area contributed by atoms with Crippen LogP contribution in [0.25, 0.3) is 11.1 Å². The lowest BCUT2D eigenvalue weighted by Gasteiger charge is -2.14. The summed E-state index contributed by atoms with van der Waals surface area (Å²) in [5.74, 6) is 0.0565. The molecular weight excluding hydrogens is 542 g/mol. The first-order chi connectivity index (χ1) is 20.8. The van der Waals surface area contributed by atoms with Crippen LogP contribution in [-0.4, -0.2) is 105 Å². The van der Waals surface area contributed by atoms with Gasteiger partial charge in [0.15, 0.2) is 0 Å². The average molecular weight is 588 g/mol. The van der Waals surface area contributed by atoms with E-state index in [9.17, 15) is 4.79 Å². The van der Waals surface area contributed by atoms with Crippen molar-refractivity contribution in [2.45, 2.75) is 12.3 Å². The summed E-state index contributed by atoms with van der Waals surface area (Å²) >= 11 is 0. The fourth-order valence-corrected chi connectivity index (χ4v) is 4.41. The molecule has 0 saturated heterocycles.